The van der Waals surface area contributed by atoms with E-state index in [1.165, 1.54) is 6.20 Å². The molecule has 0 aliphatic carbocycles. The van der Waals surface area contributed by atoms with Crippen molar-refractivity contribution in [3.63, 3.8) is 0 Å². The summed E-state index contributed by atoms with van der Waals surface area (Å²) in [6, 6.07) is 0. The summed E-state index contributed by atoms with van der Waals surface area (Å²) in [5.41, 5.74) is 7.06. The maximum Gasteiger partial charge on any atom is 0.246 e. The van der Waals surface area contributed by atoms with E-state index in [1.807, 2.05) is 6.92 Å². The first-order chi connectivity index (χ1) is 8.40. The van der Waals surface area contributed by atoms with Gasteiger partial charge in [0.25, 0.3) is 0 Å². The van der Waals surface area contributed by atoms with E-state index in [-0.39, 0.29) is 17.3 Å². The summed E-state index contributed by atoms with van der Waals surface area (Å²) in [5.74, 6) is 0.0189. The number of anilines is 1. The van der Waals surface area contributed by atoms with Crippen molar-refractivity contribution in [2.75, 3.05) is 5.73 Å². The standard InChI is InChI=1S/C9H14N6O2S/c1-6-7(5-15(2)14-6)3-12-18(16,17)8-4-11-13-9(8)10/h4-5,12H,3H2,1-2H3,(H3,10,11,13). The molecule has 0 aromatic carbocycles. The van der Waals surface area contributed by atoms with E-state index in [0.29, 0.717) is 0 Å². The first-order valence-corrected chi connectivity index (χ1v) is 6.66. The molecule has 0 amide bonds. The van der Waals surface area contributed by atoms with Crippen LogP contribution in [-0.2, 0) is 23.6 Å². The molecular weight excluding hydrogens is 256 g/mol. The van der Waals surface area contributed by atoms with Crippen LogP contribution in [0.25, 0.3) is 0 Å². The van der Waals surface area contributed by atoms with E-state index in [9.17, 15) is 8.42 Å². The molecule has 0 bridgehead atoms. The predicted octanol–water partition coefficient (Wildman–Crippen LogP) is -0.488. The third-order valence-electron chi connectivity index (χ3n) is 2.49. The Hall–Kier alpha value is -1.87. The molecule has 4 N–H and O–H groups in total. The molecule has 8 nitrogen and oxygen atoms in total. The summed E-state index contributed by atoms with van der Waals surface area (Å²) < 4.78 is 27.9. The summed E-state index contributed by atoms with van der Waals surface area (Å²) in [5, 5.41) is 10.1. The molecule has 9 heteroatoms. The van der Waals surface area contributed by atoms with Crippen LogP contribution in [0.15, 0.2) is 17.3 Å². The molecule has 2 aromatic rings. The molecule has 0 aliphatic heterocycles. The lowest BCUT2D eigenvalue weighted by atomic mass is 10.3. The highest BCUT2D eigenvalue weighted by molar-refractivity contribution is 7.89. The zero-order valence-corrected chi connectivity index (χ0v) is 10.8. The maximum absolute atomic E-state index is 11.9. The second-order valence-corrected chi connectivity index (χ2v) is 5.62. The summed E-state index contributed by atoms with van der Waals surface area (Å²) in [6.45, 7) is 1.97. The van der Waals surface area contributed by atoms with Gasteiger partial charge in [-0.2, -0.15) is 10.2 Å². The topological polar surface area (TPSA) is 119 Å². The van der Waals surface area contributed by atoms with Gasteiger partial charge in [0.05, 0.1) is 11.9 Å². The Morgan fingerprint density at radius 2 is 2.28 bits per heavy atom. The van der Waals surface area contributed by atoms with Crippen LogP contribution in [0, 0.1) is 6.92 Å². The van der Waals surface area contributed by atoms with E-state index in [0.717, 1.165) is 11.3 Å². The number of nitrogens with one attached hydrogen (secondary N) is 2. The number of H-pyrrole nitrogens is 1. The van der Waals surface area contributed by atoms with Crippen molar-refractivity contribution in [1.29, 1.82) is 0 Å². The van der Waals surface area contributed by atoms with Gasteiger partial charge in [0, 0.05) is 25.4 Å². The maximum atomic E-state index is 11.9. The molecule has 0 saturated heterocycles. The summed E-state index contributed by atoms with van der Waals surface area (Å²) >= 11 is 0. The number of sulfonamides is 1. The molecule has 0 aliphatic rings. The highest BCUT2D eigenvalue weighted by atomic mass is 32.2. The Labute approximate surface area is 104 Å². The largest absolute Gasteiger partial charge is 0.383 e. The van der Waals surface area contributed by atoms with E-state index in [4.69, 9.17) is 5.73 Å². The number of aryl methyl sites for hydroxylation is 2. The van der Waals surface area contributed by atoms with E-state index >= 15 is 0 Å². The van der Waals surface area contributed by atoms with Gasteiger partial charge >= 0.3 is 0 Å². The molecule has 0 fully saturated rings. The number of nitrogens with zero attached hydrogens (tertiary/aromatic N) is 3. The van der Waals surface area contributed by atoms with Gasteiger partial charge < -0.3 is 5.73 Å². The number of hydrogen-bond donors (Lipinski definition) is 3. The fraction of sp³-hybridized carbons (Fsp3) is 0.333. The van der Waals surface area contributed by atoms with Gasteiger partial charge in [0.2, 0.25) is 10.0 Å². The van der Waals surface area contributed by atoms with E-state index < -0.39 is 10.0 Å². The zero-order valence-electron chi connectivity index (χ0n) is 10.0. The summed E-state index contributed by atoms with van der Waals surface area (Å²) in [6.07, 6.45) is 2.93. The third-order valence-corrected chi connectivity index (χ3v) is 3.92. The second kappa shape index (κ2) is 4.42. The molecule has 2 aromatic heterocycles. The van der Waals surface area contributed by atoms with Gasteiger partial charge in [-0.3, -0.25) is 9.78 Å². The van der Waals surface area contributed by atoms with E-state index in [2.05, 4.69) is 20.0 Å². The Bertz CT molecular complexity index is 656. The van der Waals surface area contributed by atoms with Crippen molar-refractivity contribution < 1.29 is 8.42 Å². The minimum Gasteiger partial charge on any atom is -0.383 e. The fourth-order valence-corrected chi connectivity index (χ4v) is 2.60. The van der Waals surface area contributed by atoms with Crippen LogP contribution in [0.1, 0.15) is 11.3 Å². The molecule has 98 valence electrons. The molecule has 2 rings (SSSR count). The van der Waals surface area contributed by atoms with Gasteiger partial charge in [-0.05, 0) is 6.92 Å². The minimum atomic E-state index is -3.66. The van der Waals surface area contributed by atoms with Crippen LogP contribution in [-0.4, -0.2) is 28.4 Å². The molecule has 0 unspecified atom stereocenters. The summed E-state index contributed by atoms with van der Waals surface area (Å²) in [7, 11) is -1.88. The predicted molar refractivity (Wildman–Crippen MR) is 65.0 cm³/mol. The van der Waals surface area contributed by atoms with Crippen molar-refractivity contribution >= 4 is 15.8 Å². The first-order valence-electron chi connectivity index (χ1n) is 5.18. The molecule has 0 radical (unpaired) electrons. The molecule has 0 atom stereocenters. The molecule has 0 spiro atoms. The van der Waals surface area contributed by atoms with Crippen LogP contribution < -0.4 is 10.5 Å². The summed E-state index contributed by atoms with van der Waals surface area (Å²) in [4.78, 5) is -0.0518. The lowest BCUT2D eigenvalue weighted by Gasteiger charge is -2.04. The fourth-order valence-electron chi connectivity index (χ4n) is 1.57. The average Bonchev–Trinajstić information content (AvgIpc) is 2.82. The lowest BCUT2D eigenvalue weighted by Crippen LogP contribution is -2.23. The minimum absolute atomic E-state index is 0.0189. The monoisotopic (exact) mass is 270 g/mol. The van der Waals surface area contributed by atoms with Gasteiger partial charge in [-0.25, -0.2) is 13.1 Å². The van der Waals surface area contributed by atoms with Crippen molar-refractivity contribution in [3.8, 4) is 0 Å². The third kappa shape index (κ3) is 2.36. The Morgan fingerprint density at radius 1 is 1.56 bits per heavy atom. The highest BCUT2D eigenvalue weighted by Gasteiger charge is 2.19. The SMILES string of the molecule is Cc1nn(C)cc1CNS(=O)(=O)c1cn[nH]c1N. The highest BCUT2D eigenvalue weighted by Crippen LogP contribution is 2.14. The van der Waals surface area contributed by atoms with Crippen LogP contribution >= 0.6 is 0 Å². The molecule has 18 heavy (non-hydrogen) atoms. The molecular formula is C9H14N6O2S. The van der Waals surface area contributed by atoms with Crippen molar-refractivity contribution in [2.45, 2.75) is 18.4 Å². The Morgan fingerprint density at radius 3 is 2.78 bits per heavy atom. The lowest BCUT2D eigenvalue weighted by molar-refractivity contribution is 0.581. The number of aromatic amines is 1. The van der Waals surface area contributed by atoms with Gasteiger partial charge in [-0.1, -0.05) is 0 Å². The van der Waals surface area contributed by atoms with Crippen LogP contribution in [0.2, 0.25) is 0 Å². The van der Waals surface area contributed by atoms with Crippen molar-refractivity contribution in [3.05, 3.63) is 23.7 Å². The van der Waals surface area contributed by atoms with Crippen LogP contribution in [0.5, 0.6) is 0 Å². The van der Waals surface area contributed by atoms with Gasteiger partial charge in [-0.15, -0.1) is 0 Å². The van der Waals surface area contributed by atoms with Crippen LogP contribution in [0.4, 0.5) is 5.82 Å². The first kappa shape index (κ1) is 12.6. The van der Waals surface area contributed by atoms with E-state index in [1.54, 1.807) is 17.9 Å². The normalized spacial score (nSPS) is 11.9. The zero-order chi connectivity index (χ0) is 13.3. The molecule has 2 heterocycles. The van der Waals surface area contributed by atoms with Crippen molar-refractivity contribution in [1.82, 2.24) is 24.7 Å². The smallest absolute Gasteiger partial charge is 0.246 e. The van der Waals surface area contributed by atoms with Crippen molar-refractivity contribution in [2.24, 2.45) is 7.05 Å². The number of nitrogens with two attached hydrogens (primary N) is 1. The Balaban J connectivity index is 2.16. The number of aromatic nitrogens is 4. The van der Waals surface area contributed by atoms with Gasteiger partial charge in [0.15, 0.2) is 0 Å². The van der Waals surface area contributed by atoms with Crippen LogP contribution in [0.3, 0.4) is 0 Å². The number of nitrogen functional groups attached to an aromatic ring is 1. The average molecular weight is 270 g/mol. The molecule has 0 saturated carbocycles. The number of hydrogen-bond acceptors (Lipinski definition) is 5. The Kier molecular flexibility index (Phi) is 3.09. The quantitative estimate of drug-likeness (QED) is 0.693. The van der Waals surface area contributed by atoms with Gasteiger partial charge in [0.1, 0.15) is 10.7 Å². The number of rotatable bonds is 4. The second-order valence-electron chi connectivity index (χ2n) is 3.89.